The zero-order chi connectivity index (χ0) is 13.1. The number of thiazole rings is 1. The monoisotopic (exact) mass is 281 g/mol. The SMILES string of the molecule is Cc1csc(CC(NN)c2ccc(Cl)cc2C)n1. The molecule has 3 nitrogen and oxygen atoms in total. The molecule has 5 heteroatoms. The zero-order valence-corrected chi connectivity index (χ0v) is 12.0. The molecule has 1 aromatic heterocycles. The number of hydrogen-bond donors (Lipinski definition) is 2. The largest absolute Gasteiger partial charge is 0.271 e. The van der Waals surface area contributed by atoms with Gasteiger partial charge in [-0.15, -0.1) is 11.3 Å². The van der Waals surface area contributed by atoms with Crippen molar-refractivity contribution in [3.05, 3.63) is 50.4 Å². The number of benzene rings is 1. The van der Waals surface area contributed by atoms with Gasteiger partial charge in [0.2, 0.25) is 0 Å². The highest BCUT2D eigenvalue weighted by Crippen LogP contribution is 2.25. The molecule has 2 aromatic rings. The van der Waals surface area contributed by atoms with Gasteiger partial charge < -0.3 is 0 Å². The van der Waals surface area contributed by atoms with Crippen LogP contribution in [0.15, 0.2) is 23.6 Å². The third kappa shape index (κ3) is 3.09. The first-order valence-electron chi connectivity index (χ1n) is 5.73. The second-order valence-electron chi connectivity index (χ2n) is 4.31. The summed E-state index contributed by atoms with van der Waals surface area (Å²) in [5, 5.41) is 3.89. The van der Waals surface area contributed by atoms with Gasteiger partial charge in [-0.2, -0.15) is 0 Å². The van der Waals surface area contributed by atoms with Crippen LogP contribution in [0.1, 0.15) is 27.9 Å². The topological polar surface area (TPSA) is 50.9 Å². The first-order valence-corrected chi connectivity index (χ1v) is 6.99. The van der Waals surface area contributed by atoms with Crippen molar-refractivity contribution in [3.63, 3.8) is 0 Å². The number of hydrogen-bond acceptors (Lipinski definition) is 4. The van der Waals surface area contributed by atoms with Crippen LogP contribution in [0.25, 0.3) is 0 Å². The fourth-order valence-electron chi connectivity index (χ4n) is 1.96. The molecule has 1 aromatic carbocycles. The smallest absolute Gasteiger partial charge is 0.0947 e. The molecule has 1 unspecified atom stereocenters. The van der Waals surface area contributed by atoms with Crippen molar-refractivity contribution in [1.82, 2.24) is 10.4 Å². The summed E-state index contributed by atoms with van der Waals surface area (Å²) in [4.78, 5) is 4.47. The Balaban J connectivity index is 2.22. The van der Waals surface area contributed by atoms with Gasteiger partial charge in [0.05, 0.1) is 11.0 Å². The van der Waals surface area contributed by atoms with E-state index in [9.17, 15) is 0 Å². The van der Waals surface area contributed by atoms with Gasteiger partial charge in [-0.05, 0) is 37.1 Å². The molecular formula is C13H16ClN3S. The van der Waals surface area contributed by atoms with E-state index < -0.39 is 0 Å². The Hall–Kier alpha value is -0.940. The predicted octanol–water partition coefficient (Wildman–Crippen LogP) is 3.16. The molecule has 3 N–H and O–H groups in total. The maximum Gasteiger partial charge on any atom is 0.0947 e. The van der Waals surface area contributed by atoms with Gasteiger partial charge >= 0.3 is 0 Å². The molecule has 0 saturated heterocycles. The van der Waals surface area contributed by atoms with Crippen LogP contribution in [0, 0.1) is 13.8 Å². The average molecular weight is 282 g/mol. The van der Waals surface area contributed by atoms with Crippen LogP contribution in [0.5, 0.6) is 0 Å². The summed E-state index contributed by atoms with van der Waals surface area (Å²) in [6.07, 6.45) is 0.789. The standard InChI is InChI=1S/C13H16ClN3S/c1-8-5-10(14)3-4-11(8)12(17-15)6-13-16-9(2)7-18-13/h3-5,7,12,17H,6,15H2,1-2H3. The predicted molar refractivity (Wildman–Crippen MR) is 76.8 cm³/mol. The summed E-state index contributed by atoms with van der Waals surface area (Å²) in [6, 6.07) is 5.92. The number of halogens is 1. The van der Waals surface area contributed by atoms with Crippen LogP contribution in [0.2, 0.25) is 5.02 Å². The Morgan fingerprint density at radius 1 is 1.44 bits per heavy atom. The summed E-state index contributed by atoms with van der Waals surface area (Å²) >= 11 is 7.63. The van der Waals surface area contributed by atoms with E-state index in [-0.39, 0.29) is 6.04 Å². The minimum atomic E-state index is 0.0628. The molecule has 0 aliphatic carbocycles. The highest BCUT2D eigenvalue weighted by atomic mass is 35.5. The van der Waals surface area contributed by atoms with Gasteiger partial charge in [-0.3, -0.25) is 11.3 Å². The van der Waals surface area contributed by atoms with Crippen LogP contribution in [0.3, 0.4) is 0 Å². The number of nitrogens with two attached hydrogens (primary N) is 1. The number of hydrazine groups is 1. The Labute approximate surface area is 116 Å². The normalized spacial score (nSPS) is 12.7. The lowest BCUT2D eigenvalue weighted by Crippen LogP contribution is -2.30. The number of nitrogens with zero attached hydrogens (tertiary/aromatic N) is 1. The van der Waals surface area contributed by atoms with Crippen LogP contribution in [-0.2, 0) is 6.42 Å². The van der Waals surface area contributed by atoms with Gasteiger partial charge in [0, 0.05) is 22.5 Å². The van der Waals surface area contributed by atoms with Crippen molar-refractivity contribution in [2.75, 3.05) is 0 Å². The van der Waals surface area contributed by atoms with Gasteiger partial charge in [-0.1, -0.05) is 17.7 Å². The minimum Gasteiger partial charge on any atom is -0.271 e. The number of aromatic nitrogens is 1. The summed E-state index contributed by atoms with van der Waals surface area (Å²) in [5.74, 6) is 5.66. The average Bonchev–Trinajstić information content (AvgIpc) is 2.72. The Morgan fingerprint density at radius 2 is 2.22 bits per heavy atom. The van der Waals surface area contributed by atoms with Crippen molar-refractivity contribution in [1.29, 1.82) is 0 Å². The van der Waals surface area contributed by atoms with Crippen LogP contribution in [0.4, 0.5) is 0 Å². The Morgan fingerprint density at radius 3 is 2.78 bits per heavy atom. The molecule has 1 heterocycles. The van der Waals surface area contributed by atoms with E-state index in [1.807, 2.05) is 32.0 Å². The lowest BCUT2D eigenvalue weighted by Gasteiger charge is -2.17. The molecule has 2 rings (SSSR count). The molecular weight excluding hydrogens is 266 g/mol. The molecule has 96 valence electrons. The van der Waals surface area contributed by atoms with E-state index >= 15 is 0 Å². The summed E-state index contributed by atoms with van der Waals surface area (Å²) < 4.78 is 0. The van der Waals surface area contributed by atoms with E-state index in [0.717, 1.165) is 33.3 Å². The highest BCUT2D eigenvalue weighted by molar-refractivity contribution is 7.09. The van der Waals surface area contributed by atoms with Crippen molar-refractivity contribution in [2.24, 2.45) is 5.84 Å². The fraction of sp³-hybridized carbons (Fsp3) is 0.308. The maximum atomic E-state index is 5.97. The molecule has 0 fully saturated rings. The maximum absolute atomic E-state index is 5.97. The first kappa shape index (κ1) is 13.5. The summed E-state index contributed by atoms with van der Waals surface area (Å²) in [6.45, 7) is 4.04. The van der Waals surface area contributed by atoms with Crippen LogP contribution >= 0.6 is 22.9 Å². The van der Waals surface area contributed by atoms with E-state index in [0.29, 0.717) is 0 Å². The van der Waals surface area contributed by atoms with E-state index in [4.69, 9.17) is 17.4 Å². The lowest BCUT2D eigenvalue weighted by molar-refractivity contribution is 0.548. The lowest BCUT2D eigenvalue weighted by atomic mass is 9.99. The third-order valence-corrected chi connectivity index (χ3v) is 4.08. The van der Waals surface area contributed by atoms with Gasteiger partial charge in [0.1, 0.15) is 0 Å². The minimum absolute atomic E-state index is 0.0628. The molecule has 0 saturated carbocycles. The van der Waals surface area contributed by atoms with Crippen molar-refractivity contribution in [2.45, 2.75) is 26.3 Å². The van der Waals surface area contributed by atoms with Crippen molar-refractivity contribution in [3.8, 4) is 0 Å². The van der Waals surface area contributed by atoms with Crippen molar-refractivity contribution < 1.29 is 0 Å². The quantitative estimate of drug-likeness (QED) is 0.669. The van der Waals surface area contributed by atoms with Crippen LogP contribution < -0.4 is 11.3 Å². The number of rotatable bonds is 4. The zero-order valence-electron chi connectivity index (χ0n) is 10.4. The van der Waals surface area contributed by atoms with E-state index in [1.54, 1.807) is 11.3 Å². The molecule has 0 bridgehead atoms. The molecule has 0 amide bonds. The molecule has 0 spiro atoms. The number of aryl methyl sites for hydroxylation is 2. The second-order valence-corrected chi connectivity index (χ2v) is 5.69. The highest BCUT2D eigenvalue weighted by Gasteiger charge is 2.14. The molecule has 0 aliphatic rings. The molecule has 0 aliphatic heterocycles. The summed E-state index contributed by atoms with van der Waals surface area (Å²) in [5.41, 5.74) is 6.21. The molecule has 1 atom stereocenters. The third-order valence-electron chi connectivity index (χ3n) is 2.85. The number of nitrogens with one attached hydrogen (secondary N) is 1. The van der Waals surface area contributed by atoms with Gasteiger partial charge in [0.15, 0.2) is 0 Å². The Kier molecular flexibility index (Phi) is 4.35. The van der Waals surface area contributed by atoms with Gasteiger partial charge in [-0.25, -0.2) is 4.98 Å². The second kappa shape index (κ2) is 5.80. The molecule has 18 heavy (non-hydrogen) atoms. The Bertz CT molecular complexity index is 539. The van der Waals surface area contributed by atoms with E-state index in [1.165, 1.54) is 0 Å². The summed E-state index contributed by atoms with van der Waals surface area (Å²) in [7, 11) is 0. The van der Waals surface area contributed by atoms with E-state index in [2.05, 4.69) is 15.8 Å². The molecule has 0 radical (unpaired) electrons. The van der Waals surface area contributed by atoms with Crippen molar-refractivity contribution >= 4 is 22.9 Å². The van der Waals surface area contributed by atoms with Crippen LogP contribution in [-0.4, -0.2) is 4.98 Å². The fourth-order valence-corrected chi connectivity index (χ4v) is 3.01. The first-order chi connectivity index (χ1) is 8.60. The van der Waals surface area contributed by atoms with Gasteiger partial charge in [0.25, 0.3) is 0 Å².